The van der Waals surface area contributed by atoms with Crippen LogP contribution >= 0.6 is 0 Å². The second kappa shape index (κ2) is 6.68. The number of aryl methyl sites for hydroxylation is 1. The molecule has 23 heavy (non-hydrogen) atoms. The van der Waals surface area contributed by atoms with Gasteiger partial charge < -0.3 is 14.3 Å². The van der Waals surface area contributed by atoms with Crippen LogP contribution in [-0.4, -0.2) is 57.9 Å². The zero-order valence-electron chi connectivity index (χ0n) is 13.8. The minimum atomic E-state index is -0.0464. The second-order valence-corrected chi connectivity index (χ2v) is 6.58. The van der Waals surface area contributed by atoms with Crippen molar-refractivity contribution in [3.05, 3.63) is 11.7 Å². The van der Waals surface area contributed by atoms with Gasteiger partial charge in [-0.25, -0.2) is 0 Å². The maximum atomic E-state index is 12.7. The van der Waals surface area contributed by atoms with E-state index in [1.54, 1.807) is 11.8 Å². The number of hydrogen-bond donors (Lipinski definition) is 0. The van der Waals surface area contributed by atoms with E-state index in [1.165, 1.54) is 0 Å². The summed E-state index contributed by atoms with van der Waals surface area (Å²) < 4.78 is 5.25. The summed E-state index contributed by atoms with van der Waals surface area (Å²) in [6.07, 6.45) is 3.51. The van der Waals surface area contributed by atoms with Gasteiger partial charge >= 0.3 is 0 Å². The molecule has 7 heteroatoms. The van der Waals surface area contributed by atoms with Gasteiger partial charge in [0.25, 0.3) is 0 Å². The molecule has 2 amide bonds. The van der Waals surface area contributed by atoms with E-state index < -0.39 is 0 Å². The van der Waals surface area contributed by atoms with E-state index in [9.17, 15) is 9.59 Å². The molecule has 0 aliphatic carbocycles. The number of carbonyl (C=O) groups excluding carboxylic acids is 2. The molecule has 0 N–H and O–H groups in total. The average molecular weight is 320 g/mol. The van der Waals surface area contributed by atoms with Crippen LogP contribution in [0.1, 0.15) is 50.2 Å². The molecule has 3 rings (SSSR count). The largest absolute Gasteiger partial charge is 0.342 e. The van der Waals surface area contributed by atoms with Crippen LogP contribution < -0.4 is 0 Å². The minimum Gasteiger partial charge on any atom is -0.342 e. The number of rotatable bonds is 2. The Kier molecular flexibility index (Phi) is 4.63. The minimum absolute atomic E-state index is 0.0464. The third-order valence-electron chi connectivity index (χ3n) is 4.92. The summed E-state index contributed by atoms with van der Waals surface area (Å²) in [5, 5.41) is 3.84. The van der Waals surface area contributed by atoms with Crippen molar-refractivity contribution in [1.82, 2.24) is 19.9 Å². The molecule has 0 aromatic carbocycles. The van der Waals surface area contributed by atoms with Gasteiger partial charge in [-0.15, -0.1) is 0 Å². The SMILES string of the molecule is CC(=O)N1CCC[C@H](C(=O)N2CCC(c3nc(C)no3)CC2)C1. The molecule has 0 saturated carbocycles. The first kappa shape index (κ1) is 16.0. The van der Waals surface area contributed by atoms with Crippen molar-refractivity contribution < 1.29 is 14.1 Å². The first-order valence-electron chi connectivity index (χ1n) is 8.39. The Morgan fingerprint density at radius 2 is 1.87 bits per heavy atom. The summed E-state index contributed by atoms with van der Waals surface area (Å²) in [5.74, 6) is 1.80. The molecule has 2 saturated heterocycles. The maximum Gasteiger partial charge on any atom is 0.229 e. The highest BCUT2D eigenvalue weighted by Crippen LogP contribution is 2.28. The van der Waals surface area contributed by atoms with E-state index in [0.29, 0.717) is 18.3 Å². The van der Waals surface area contributed by atoms with E-state index >= 15 is 0 Å². The summed E-state index contributed by atoms with van der Waals surface area (Å²) >= 11 is 0. The van der Waals surface area contributed by atoms with Crippen molar-refractivity contribution in [2.24, 2.45) is 5.92 Å². The standard InChI is InChI=1S/C16H24N4O3/c1-11-17-15(23-18-11)13-5-8-19(9-6-13)16(22)14-4-3-7-20(10-14)12(2)21/h13-14H,3-10H2,1-2H3/t14-/m0/s1. The fraction of sp³-hybridized carbons (Fsp3) is 0.750. The highest BCUT2D eigenvalue weighted by molar-refractivity contribution is 5.81. The Labute approximate surface area is 136 Å². The van der Waals surface area contributed by atoms with Crippen molar-refractivity contribution in [1.29, 1.82) is 0 Å². The number of amides is 2. The summed E-state index contributed by atoms with van der Waals surface area (Å²) in [7, 11) is 0. The Hall–Kier alpha value is -1.92. The van der Waals surface area contributed by atoms with E-state index in [0.717, 1.165) is 45.3 Å². The summed E-state index contributed by atoms with van der Waals surface area (Å²) in [4.78, 5) is 32.3. The van der Waals surface area contributed by atoms with E-state index in [-0.39, 0.29) is 23.7 Å². The molecular formula is C16H24N4O3. The first-order chi connectivity index (χ1) is 11.0. The number of carbonyl (C=O) groups is 2. The summed E-state index contributed by atoms with van der Waals surface area (Å²) in [6, 6.07) is 0. The fourth-order valence-corrected chi connectivity index (χ4v) is 3.55. The number of aromatic nitrogens is 2. The van der Waals surface area contributed by atoms with Crippen LogP contribution in [0.3, 0.4) is 0 Å². The van der Waals surface area contributed by atoms with Crippen LogP contribution in [0.2, 0.25) is 0 Å². The molecular weight excluding hydrogens is 296 g/mol. The Balaban J connectivity index is 1.54. The Bertz CT molecular complexity index is 578. The van der Waals surface area contributed by atoms with Crippen LogP contribution in [0.5, 0.6) is 0 Å². The topological polar surface area (TPSA) is 79.5 Å². The van der Waals surface area contributed by atoms with Crippen molar-refractivity contribution in [3.63, 3.8) is 0 Å². The molecule has 0 radical (unpaired) electrons. The monoisotopic (exact) mass is 320 g/mol. The molecule has 1 atom stereocenters. The van der Waals surface area contributed by atoms with Gasteiger partial charge in [-0.2, -0.15) is 4.98 Å². The van der Waals surface area contributed by atoms with E-state index in [4.69, 9.17) is 4.52 Å². The molecule has 1 aromatic heterocycles. The molecule has 126 valence electrons. The lowest BCUT2D eigenvalue weighted by Crippen LogP contribution is -2.48. The quantitative estimate of drug-likeness (QED) is 0.821. The van der Waals surface area contributed by atoms with E-state index in [1.807, 2.05) is 11.8 Å². The van der Waals surface area contributed by atoms with Crippen LogP contribution in [0, 0.1) is 12.8 Å². The van der Waals surface area contributed by atoms with Crippen LogP contribution in [0.15, 0.2) is 4.52 Å². The Morgan fingerprint density at radius 3 is 2.48 bits per heavy atom. The van der Waals surface area contributed by atoms with E-state index in [2.05, 4.69) is 10.1 Å². The highest BCUT2D eigenvalue weighted by Gasteiger charge is 2.33. The predicted octanol–water partition coefficient (Wildman–Crippen LogP) is 1.34. The molecule has 2 aliphatic rings. The Morgan fingerprint density at radius 1 is 1.13 bits per heavy atom. The van der Waals surface area contributed by atoms with Crippen molar-refractivity contribution in [2.45, 2.75) is 45.4 Å². The lowest BCUT2D eigenvalue weighted by Gasteiger charge is -2.37. The molecule has 2 fully saturated rings. The van der Waals surface area contributed by atoms with Gasteiger partial charge in [-0.1, -0.05) is 5.16 Å². The number of likely N-dealkylation sites (tertiary alicyclic amines) is 2. The molecule has 0 spiro atoms. The van der Waals surface area contributed by atoms with Crippen LogP contribution in [-0.2, 0) is 9.59 Å². The maximum absolute atomic E-state index is 12.7. The molecule has 0 bridgehead atoms. The number of nitrogens with zero attached hydrogens (tertiary/aromatic N) is 4. The molecule has 3 heterocycles. The zero-order valence-corrected chi connectivity index (χ0v) is 13.8. The van der Waals surface area contributed by atoms with Gasteiger partial charge in [0.05, 0.1) is 5.92 Å². The fourth-order valence-electron chi connectivity index (χ4n) is 3.55. The smallest absolute Gasteiger partial charge is 0.229 e. The summed E-state index contributed by atoms with van der Waals surface area (Å²) in [5.41, 5.74) is 0. The highest BCUT2D eigenvalue weighted by atomic mass is 16.5. The zero-order chi connectivity index (χ0) is 16.4. The van der Waals surface area contributed by atoms with Crippen molar-refractivity contribution in [2.75, 3.05) is 26.2 Å². The van der Waals surface area contributed by atoms with Gasteiger partial charge in [0.15, 0.2) is 5.82 Å². The van der Waals surface area contributed by atoms with Gasteiger partial charge in [-0.05, 0) is 32.6 Å². The van der Waals surface area contributed by atoms with Gasteiger partial charge in [0.1, 0.15) is 0 Å². The molecule has 7 nitrogen and oxygen atoms in total. The van der Waals surface area contributed by atoms with Gasteiger partial charge in [0, 0.05) is 39.0 Å². The summed E-state index contributed by atoms with van der Waals surface area (Å²) in [6.45, 7) is 6.18. The molecule has 1 aromatic rings. The predicted molar refractivity (Wildman–Crippen MR) is 82.6 cm³/mol. The normalized spacial score (nSPS) is 23.1. The number of hydrogen-bond acceptors (Lipinski definition) is 5. The second-order valence-electron chi connectivity index (χ2n) is 6.58. The van der Waals surface area contributed by atoms with Gasteiger partial charge in [0.2, 0.25) is 17.7 Å². The third-order valence-corrected chi connectivity index (χ3v) is 4.92. The van der Waals surface area contributed by atoms with Crippen LogP contribution in [0.4, 0.5) is 0 Å². The van der Waals surface area contributed by atoms with Gasteiger partial charge in [-0.3, -0.25) is 9.59 Å². The lowest BCUT2D eigenvalue weighted by molar-refractivity contribution is -0.141. The lowest BCUT2D eigenvalue weighted by atomic mass is 9.92. The van der Waals surface area contributed by atoms with Crippen LogP contribution in [0.25, 0.3) is 0 Å². The molecule has 0 unspecified atom stereocenters. The van der Waals surface area contributed by atoms with Crippen molar-refractivity contribution >= 4 is 11.8 Å². The average Bonchev–Trinajstić information content (AvgIpc) is 3.01. The third kappa shape index (κ3) is 3.54. The number of piperidine rings is 2. The first-order valence-corrected chi connectivity index (χ1v) is 8.39. The van der Waals surface area contributed by atoms with Crippen molar-refractivity contribution in [3.8, 4) is 0 Å². The molecule has 2 aliphatic heterocycles.